The van der Waals surface area contributed by atoms with E-state index in [1.165, 1.54) is 24.2 Å². The number of halogens is 1. The number of benzene rings is 1. The van der Waals surface area contributed by atoms with E-state index < -0.39 is 0 Å². The summed E-state index contributed by atoms with van der Waals surface area (Å²) in [7, 11) is 0. The average Bonchev–Trinajstić information content (AvgIpc) is 3.01. The largest absolute Gasteiger partial charge is 0.486 e. The van der Waals surface area contributed by atoms with E-state index in [-0.39, 0.29) is 11.9 Å². The van der Waals surface area contributed by atoms with Crippen molar-refractivity contribution in [2.75, 3.05) is 0 Å². The molecule has 0 fully saturated rings. The van der Waals surface area contributed by atoms with Gasteiger partial charge in [0.25, 0.3) is 0 Å². The van der Waals surface area contributed by atoms with Crippen molar-refractivity contribution in [3.63, 3.8) is 0 Å². The molecule has 0 radical (unpaired) electrons. The third kappa shape index (κ3) is 7.45. The highest BCUT2D eigenvalue weighted by molar-refractivity contribution is 7.09. The second-order valence-corrected chi connectivity index (χ2v) is 7.50. The molecule has 4 nitrogen and oxygen atoms in total. The van der Waals surface area contributed by atoms with Crippen LogP contribution in [-0.2, 0) is 17.8 Å². The zero-order valence-corrected chi connectivity index (χ0v) is 16.3. The summed E-state index contributed by atoms with van der Waals surface area (Å²) in [4.78, 5) is 16.6. The van der Waals surface area contributed by atoms with E-state index in [4.69, 9.17) is 16.3 Å². The molecule has 6 heteroatoms. The zero-order valence-electron chi connectivity index (χ0n) is 14.8. The number of ether oxygens (including phenoxy) is 1. The van der Waals surface area contributed by atoms with Gasteiger partial charge in [-0.3, -0.25) is 4.79 Å². The van der Waals surface area contributed by atoms with Gasteiger partial charge in [0.15, 0.2) is 0 Å². The second-order valence-electron chi connectivity index (χ2n) is 6.12. The van der Waals surface area contributed by atoms with Crippen molar-refractivity contribution in [2.45, 2.75) is 58.6 Å². The van der Waals surface area contributed by atoms with Crippen LogP contribution in [0.3, 0.4) is 0 Å². The number of nitrogens with one attached hydrogen (secondary N) is 1. The quantitative estimate of drug-likeness (QED) is 0.590. The number of aromatic nitrogens is 1. The van der Waals surface area contributed by atoms with Gasteiger partial charge in [0, 0.05) is 16.4 Å². The average molecular weight is 381 g/mol. The molecule has 136 valence electrons. The molecule has 2 aromatic rings. The maximum atomic E-state index is 12.1. The number of hydrogen-bond acceptors (Lipinski definition) is 4. The molecule has 25 heavy (non-hydrogen) atoms. The number of carbonyl (C=O) groups excluding carboxylic acids is 1. The molecule has 2 rings (SSSR count). The van der Waals surface area contributed by atoms with Crippen molar-refractivity contribution in [3.8, 4) is 5.75 Å². The van der Waals surface area contributed by atoms with E-state index >= 15 is 0 Å². The highest BCUT2D eigenvalue weighted by Crippen LogP contribution is 2.18. The Morgan fingerprint density at radius 3 is 2.80 bits per heavy atom. The van der Waals surface area contributed by atoms with E-state index in [1.54, 1.807) is 12.1 Å². The van der Waals surface area contributed by atoms with Crippen LogP contribution in [0.15, 0.2) is 29.6 Å². The lowest BCUT2D eigenvalue weighted by molar-refractivity contribution is -0.121. The molecule has 0 saturated carbocycles. The zero-order chi connectivity index (χ0) is 18.1. The number of thiazole rings is 1. The van der Waals surface area contributed by atoms with Crippen molar-refractivity contribution >= 4 is 28.8 Å². The van der Waals surface area contributed by atoms with Crippen LogP contribution in [0.25, 0.3) is 0 Å². The Labute approximate surface area is 158 Å². The number of rotatable bonds is 10. The summed E-state index contributed by atoms with van der Waals surface area (Å²) in [6, 6.07) is 7.44. The number of hydrogen-bond donors (Lipinski definition) is 1. The van der Waals surface area contributed by atoms with Crippen molar-refractivity contribution < 1.29 is 9.53 Å². The fourth-order valence-corrected chi connectivity index (χ4v) is 3.27. The SMILES string of the molecule is CCCCCC(C)NC(=O)Cc1csc(COc2ccc(Cl)cc2)n1. The summed E-state index contributed by atoms with van der Waals surface area (Å²) in [6.45, 7) is 4.63. The Morgan fingerprint density at radius 1 is 1.32 bits per heavy atom. The van der Waals surface area contributed by atoms with Gasteiger partial charge in [0.05, 0.1) is 12.1 Å². The summed E-state index contributed by atoms with van der Waals surface area (Å²) < 4.78 is 5.67. The maximum absolute atomic E-state index is 12.1. The van der Waals surface area contributed by atoms with Crippen LogP contribution in [-0.4, -0.2) is 16.9 Å². The summed E-state index contributed by atoms with van der Waals surface area (Å²) in [5.74, 6) is 0.777. The minimum Gasteiger partial charge on any atom is -0.486 e. The third-order valence-electron chi connectivity index (χ3n) is 3.77. The van der Waals surface area contributed by atoms with Crippen LogP contribution >= 0.6 is 22.9 Å². The molecule has 0 saturated heterocycles. The van der Waals surface area contributed by atoms with Crippen LogP contribution in [0.2, 0.25) is 5.02 Å². The van der Waals surface area contributed by atoms with E-state index in [0.717, 1.165) is 29.3 Å². The van der Waals surface area contributed by atoms with E-state index in [1.807, 2.05) is 17.5 Å². The number of unbranched alkanes of at least 4 members (excludes halogenated alkanes) is 2. The Bertz CT molecular complexity index is 658. The molecule has 1 atom stereocenters. The van der Waals surface area contributed by atoms with Gasteiger partial charge in [-0.1, -0.05) is 37.8 Å². The molecule has 0 aliphatic carbocycles. The summed E-state index contributed by atoms with van der Waals surface area (Å²) in [6.07, 6.45) is 4.90. The second kappa shape index (κ2) is 10.4. The van der Waals surface area contributed by atoms with Crippen molar-refractivity contribution in [3.05, 3.63) is 45.4 Å². The summed E-state index contributed by atoms with van der Waals surface area (Å²) >= 11 is 7.36. The smallest absolute Gasteiger partial charge is 0.226 e. The van der Waals surface area contributed by atoms with Crippen molar-refractivity contribution in [2.24, 2.45) is 0 Å². The molecule has 1 N–H and O–H groups in total. The Balaban J connectivity index is 1.74. The number of nitrogens with zero attached hydrogens (tertiary/aromatic N) is 1. The molecule has 1 heterocycles. The van der Waals surface area contributed by atoms with E-state index in [2.05, 4.69) is 24.1 Å². The lowest BCUT2D eigenvalue weighted by Crippen LogP contribution is -2.33. The first kappa shape index (κ1) is 19.7. The maximum Gasteiger partial charge on any atom is 0.226 e. The van der Waals surface area contributed by atoms with E-state index in [9.17, 15) is 4.79 Å². The van der Waals surface area contributed by atoms with Crippen molar-refractivity contribution in [1.82, 2.24) is 10.3 Å². The fourth-order valence-electron chi connectivity index (χ4n) is 2.44. The van der Waals surface area contributed by atoms with Gasteiger partial charge in [0.1, 0.15) is 17.4 Å². The van der Waals surface area contributed by atoms with Crippen LogP contribution < -0.4 is 10.1 Å². The summed E-state index contributed by atoms with van der Waals surface area (Å²) in [5.41, 5.74) is 0.790. The Morgan fingerprint density at radius 2 is 2.08 bits per heavy atom. The predicted octanol–water partition coefficient (Wildman–Crippen LogP) is 5.00. The number of carbonyl (C=O) groups is 1. The van der Waals surface area contributed by atoms with Gasteiger partial charge in [-0.25, -0.2) is 4.98 Å². The Kier molecular flexibility index (Phi) is 8.22. The van der Waals surface area contributed by atoms with E-state index in [0.29, 0.717) is 18.1 Å². The number of amides is 1. The van der Waals surface area contributed by atoms with Gasteiger partial charge >= 0.3 is 0 Å². The molecule has 0 aliphatic rings. The summed E-state index contributed by atoms with van der Waals surface area (Å²) in [5, 5.41) is 6.49. The molecular weight excluding hydrogens is 356 g/mol. The molecular formula is C19H25ClN2O2S. The van der Waals surface area contributed by atoms with Crippen LogP contribution in [0, 0.1) is 0 Å². The van der Waals surface area contributed by atoms with Gasteiger partial charge in [-0.05, 0) is 37.6 Å². The normalized spacial score (nSPS) is 12.0. The monoisotopic (exact) mass is 380 g/mol. The molecule has 1 amide bonds. The topological polar surface area (TPSA) is 51.2 Å². The molecule has 1 unspecified atom stereocenters. The lowest BCUT2D eigenvalue weighted by atomic mass is 10.1. The Hall–Kier alpha value is -1.59. The molecule has 1 aromatic heterocycles. The molecule has 0 spiro atoms. The minimum absolute atomic E-state index is 0.0273. The van der Waals surface area contributed by atoms with Crippen LogP contribution in [0.1, 0.15) is 50.2 Å². The van der Waals surface area contributed by atoms with Gasteiger partial charge in [0.2, 0.25) is 5.91 Å². The first-order valence-electron chi connectivity index (χ1n) is 8.68. The predicted molar refractivity (Wildman–Crippen MR) is 103 cm³/mol. The fraction of sp³-hybridized carbons (Fsp3) is 0.474. The highest BCUT2D eigenvalue weighted by Gasteiger charge is 2.11. The first-order chi connectivity index (χ1) is 12.1. The molecule has 0 aliphatic heterocycles. The third-order valence-corrected chi connectivity index (χ3v) is 4.89. The first-order valence-corrected chi connectivity index (χ1v) is 9.93. The molecule has 1 aromatic carbocycles. The standard InChI is InChI=1S/C19H25ClN2O2S/c1-3-4-5-6-14(2)21-18(23)11-16-13-25-19(22-16)12-24-17-9-7-15(20)8-10-17/h7-10,13-14H,3-6,11-12H2,1-2H3,(H,21,23). The van der Waals surface area contributed by atoms with Gasteiger partial charge in [-0.2, -0.15) is 0 Å². The van der Waals surface area contributed by atoms with Gasteiger partial charge < -0.3 is 10.1 Å². The minimum atomic E-state index is 0.0273. The lowest BCUT2D eigenvalue weighted by Gasteiger charge is -2.12. The highest BCUT2D eigenvalue weighted by atomic mass is 35.5. The van der Waals surface area contributed by atoms with Gasteiger partial charge in [-0.15, -0.1) is 11.3 Å². The molecule has 0 bridgehead atoms. The van der Waals surface area contributed by atoms with Crippen molar-refractivity contribution in [1.29, 1.82) is 0 Å². The van der Waals surface area contributed by atoms with Crippen LogP contribution in [0.5, 0.6) is 5.75 Å². The van der Waals surface area contributed by atoms with Crippen LogP contribution in [0.4, 0.5) is 0 Å².